The number of carbonyl (C=O) groups is 1. The Morgan fingerprint density at radius 1 is 1.65 bits per heavy atom. The lowest BCUT2D eigenvalue weighted by Crippen LogP contribution is -2.31. The van der Waals surface area contributed by atoms with Gasteiger partial charge in [0, 0.05) is 19.3 Å². The SMILES string of the molecule is CSCCC(C)N(C)c1ncccc1C(=O)O. The Morgan fingerprint density at radius 3 is 2.94 bits per heavy atom. The predicted octanol–water partition coefficient (Wildman–Crippen LogP) is 2.36. The first-order valence-corrected chi connectivity index (χ1v) is 6.87. The van der Waals surface area contributed by atoms with Gasteiger partial charge in [-0.1, -0.05) is 0 Å². The Kier molecular flexibility index (Phi) is 5.28. The Labute approximate surface area is 106 Å². The van der Waals surface area contributed by atoms with Gasteiger partial charge in [0.25, 0.3) is 0 Å². The van der Waals surface area contributed by atoms with E-state index in [2.05, 4.69) is 18.2 Å². The van der Waals surface area contributed by atoms with Gasteiger partial charge in [0.2, 0.25) is 0 Å². The number of nitrogens with zero attached hydrogens (tertiary/aromatic N) is 2. The zero-order valence-corrected chi connectivity index (χ0v) is 11.2. The fourth-order valence-electron chi connectivity index (χ4n) is 1.54. The van der Waals surface area contributed by atoms with Crippen molar-refractivity contribution in [2.24, 2.45) is 0 Å². The molecule has 0 aliphatic rings. The standard InChI is InChI=1S/C12H18N2O2S/c1-9(6-8-17-3)14(2)11-10(12(15)16)5-4-7-13-11/h4-5,7,9H,6,8H2,1-3H3,(H,15,16). The quantitative estimate of drug-likeness (QED) is 0.844. The average molecular weight is 254 g/mol. The molecule has 0 saturated heterocycles. The molecule has 1 aromatic heterocycles. The van der Waals surface area contributed by atoms with Crippen LogP contribution in [0, 0.1) is 0 Å². The molecule has 17 heavy (non-hydrogen) atoms. The van der Waals surface area contributed by atoms with Crippen LogP contribution in [0.15, 0.2) is 18.3 Å². The fourth-order valence-corrected chi connectivity index (χ4v) is 2.11. The van der Waals surface area contributed by atoms with Gasteiger partial charge in [0.15, 0.2) is 0 Å². The van der Waals surface area contributed by atoms with E-state index in [1.165, 1.54) is 0 Å². The van der Waals surface area contributed by atoms with Crippen molar-refractivity contribution >= 4 is 23.5 Å². The van der Waals surface area contributed by atoms with Crippen LogP contribution in [-0.2, 0) is 0 Å². The lowest BCUT2D eigenvalue weighted by Gasteiger charge is -2.26. The van der Waals surface area contributed by atoms with E-state index < -0.39 is 5.97 Å². The highest BCUT2D eigenvalue weighted by Crippen LogP contribution is 2.19. The molecule has 4 nitrogen and oxygen atoms in total. The molecule has 94 valence electrons. The number of pyridine rings is 1. The van der Waals surface area contributed by atoms with E-state index in [1.54, 1.807) is 30.1 Å². The van der Waals surface area contributed by atoms with E-state index in [4.69, 9.17) is 5.11 Å². The number of carboxylic acid groups (broad SMARTS) is 1. The van der Waals surface area contributed by atoms with Crippen molar-refractivity contribution in [1.29, 1.82) is 0 Å². The number of aromatic carboxylic acids is 1. The van der Waals surface area contributed by atoms with Crippen LogP contribution < -0.4 is 4.90 Å². The maximum atomic E-state index is 11.1. The molecule has 5 heteroatoms. The van der Waals surface area contributed by atoms with Crippen LogP contribution >= 0.6 is 11.8 Å². The van der Waals surface area contributed by atoms with Gasteiger partial charge in [-0.3, -0.25) is 0 Å². The summed E-state index contributed by atoms with van der Waals surface area (Å²) in [6.45, 7) is 2.08. The van der Waals surface area contributed by atoms with Crippen molar-refractivity contribution in [3.63, 3.8) is 0 Å². The first kappa shape index (κ1) is 13.8. The van der Waals surface area contributed by atoms with Gasteiger partial charge in [-0.2, -0.15) is 11.8 Å². The summed E-state index contributed by atoms with van der Waals surface area (Å²) in [5.74, 6) is 0.659. The predicted molar refractivity (Wildman–Crippen MR) is 72.1 cm³/mol. The van der Waals surface area contributed by atoms with E-state index in [-0.39, 0.29) is 11.6 Å². The second kappa shape index (κ2) is 6.49. The van der Waals surface area contributed by atoms with Gasteiger partial charge < -0.3 is 10.0 Å². The molecule has 1 unspecified atom stereocenters. The van der Waals surface area contributed by atoms with Crippen molar-refractivity contribution in [2.75, 3.05) is 24.0 Å². The molecule has 0 aromatic carbocycles. The smallest absolute Gasteiger partial charge is 0.339 e. The molecule has 0 aliphatic carbocycles. The highest BCUT2D eigenvalue weighted by Gasteiger charge is 2.17. The summed E-state index contributed by atoms with van der Waals surface area (Å²) in [6, 6.07) is 3.51. The minimum Gasteiger partial charge on any atom is -0.478 e. The van der Waals surface area contributed by atoms with Crippen LogP contribution in [0.4, 0.5) is 5.82 Å². The molecule has 0 spiro atoms. The lowest BCUT2D eigenvalue weighted by atomic mass is 10.2. The van der Waals surface area contributed by atoms with Crippen LogP contribution in [0.2, 0.25) is 0 Å². The number of thioether (sulfide) groups is 1. The number of rotatable bonds is 6. The fraction of sp³-hybridized carbons (Fsp3) is 0.500. The zero-order chi connectivity index (χ0) is 12.8. The number of anilines is 1. The number of hydrogen-bond donors (Lipinski definition) is 1. The van der Waals surface area contributed by atoms with E-state index in [9.17, 15) is 4.79 Å². The highest BCUT2D eigenvalue weighted by atomic mass is 32.2. The Balaban J connectivity index is 2.87. The maximum Gasteiger partial charge on any atom is 0.339 e. The molecule has 0 saturated carbocycles. The largest absolute Gasteiger partial charge is 0.478 e. The van der Waals surface area contributed by atoms with Crippen LogP contribution in [0.5, 0.6) is 0 Å². The van der Waals surface area contributed by atoms with Gasteiger partial charge in [-0.05, 0) is 37.5 Å². The second-order valence-corrected chi connectivity index (χ2v) is 4.91. The lowest BCUT2D eigenvalue weighted by molar-refractivity contribution is 0.0697. The minimum atomic E-state index is -0.933. The molecule has 0 bridgehead atoms. The summed E-state index contributed by atoms with van der Waals surface area (Å²) >= 11 is 1.79. The molecule has 0 aliphatic heterocycles. The van der Waals surface area contributed by atoms with Gasteiger partial charge in [-0.15, -0.1) is 0 Å². The summed E-state index contributed by atoms with van der Waals surface area (Å²) in [5, 5.41) is 9.10. The Bertz CT molecular complexity index is 385. The van der Waals surface area contributed by atoms with Crippen LogP contribution in [-0.4, -0.2) is 41.2 Å². The van der Waals surface area contributed by atoms with Gasteiger partial charge in [0.05, 0.1) is 0 Å². The first-order valence-electron chi connectivity index (χ1n) is 5.48. The van der Waals surface area contributed by atoms with Gasteiger partial charge >= 0.3 is 5.97 Å². The third-order valence-electron chi connectivity index (χ3n) is 2.75. The third-order valence-corrected chi connectivity index (χ3v) is 3.40. The normalized spacial score (nSPS) is 12.2. The topological polar surface area (TPSA) is 53.4 Å². The summed E-state index contributed by atoms with van der Waals surface area (Å²) in [4.78, 5) is 17.2. The van der Waals surface area contributed by atoms with Gasteiger partial charge in [-0.25, -0.2) is 9.78 Å². The molecule has 0 radical (unpaired) electrons. The third kappa shape index (κ3) is 3.63. The van der Waals surface area contributed by atoms with E-state index in [0.717, 1.165) is 12.2 Å². The number of aromatic nitrogens is 1. The average Bonchev–Trinajstić information content (AvgIpc) is 2.34. The monoisotopic (exact) mass is 254 g/mol. The summed E-state index contributed by atoms with van der Waals surface area (Å²) in [5.41, 5.74) is 0.256. The Morgan fingerprint density at radius 2 is 2.35 bits per heavy atom. The number of carboxylic acids is 1. The van der Waals surface area contributed by atoms with Crippen molar-refractivity contribution in [2.45, 2.75) is 19.4 Å². The van der Waals surface area contributed by atoms with Crippen molar-refractivity contribution in [1.82, 2.24) is 4.98 Å². The molecule has 1 atom stereocenters. The highest BCUT2D eigenvalue weighted by molar-refractivity contribution is 7.98. The molecule has 1 N–H and O–H groups in total. The molecular formula is C12H18N2O2S. The summed E-state index contributed by atoms with van der Waals surface area (Å²) in [6.07, 6.45) is 4.70. The minimum absolute atomic E-state index is 0.256. The molecule has 0 fully saturated rings. The zero-order valence-electron chi connectivity index (χ0n) is 10.4. The molecule has 1 aromatic rings. The van der Waals surface area contributed by atoms with E-state index >= 15 is 0 Å². The van der Waals surface area contributed by atoms with Crippen molar-refractivity contribution in [3.8, 4) is 0 Å². The van der Waals surface area contributed by atoms with Crippen LogP contribution in [0.25, 0.3) is 0 Å². The first-order chi connectivity index (χ1) is 8.07. The summed E-state index contributed by atoms with van der Waals surface area (Å²) < 4.78 is 0. The number of hydrogen-bond acceptors (Lipinski definition) is 4. The molecular weight excluding hydrogens is 236 g/mol. The molecule has 1 rings (SSSR count). The Hall–Kier alpha value is -1.23. The molecule has 0 amide bonds. The van der Waals surface area contributed by atoms with E-state index in [1.807, 2.05) is 11.9 Å². The van der Waals surface area contributed by atoms with Crippen molar-refractivity contribution in [3.05, 3.63) is 23.9 Å². The van der Waals surface area contributed by atoms with Crippen molar-refractivity contribution < 1.29 is 9.90 Å². The molecule has 1 heterocycles. The second-order valence-electron chi connectivity index (χ2n) is 3.92. The van der Waals surface area contributed by atoms with Crippen LogP contribution in [0.1, 0.15) is 23.7 Å². The van der Waals surface area contributed by atoms with Crippen LogP contribution in [0.3, 0.4) is 0 Å². The van der Waals surface area contributed by atoms with E-state index in [0.29, 0.717) is 5.82 Å². The summed E-state index contributed by atoms with van der Waals surface area (Å²) in [7, 11) is 1.89. The van der Waals surface area contributed by atoms with Gasteiger partial charge in [0.1, 0.15) is 11.4 Å². The maximum absolute atomic E-state index is 11.1.